The number of aromatic nitrogens is 2. The maximum absolute atomic E-state index is 4.69. The second kappa shape index (κ2) is 36.2. The maximum Gasteiger partial charge on any atom is 0.121 e. The van der Waals surface area contributed by atoms with Crippen LogP contribution in [-0.4, -0.2) is 23.7 Å². The van der Waals surface area contributed by atoms with E-state index >= 15 is 0 Å². The number of ether oxygens (including phenoxy) is 1. The molecule has 1 rings (SSSR count). The van der Waals surface area contributed by atoms with Crippen LogP contribution in [0.1, 0.15) is 48.5 Å². The first-order valence-corrected chi connectivity index (χ1v) is 6.69. The molecule has 1 N–H and O–H groups in total. The Labute approximate surface area is 113 Å². The van der Waals surface area contributed by atoms with Crippen LogP contribution >= 0.6 is 12.2 Å². The smallest absolute Gasteiger partial charge is 0.121 e. The van der Waals surface area contributed by atoms with Crippen LogP contribution in [0.15, 0.2) is 18.6 Å². The van der Waals surface area contributed by atoms with E-state index in [9.17, 15) is 0 Å². The van der Waals surface area contributed by atoms with Crippen molar-refractivity contribution in [3.05, 3.63) is 23.2 Å². The SMILES string of the molecule is CC.CC.CC.CCOC.S=c1cncc[nH]1. The largest absolute Gasteiger partial charge is 0.385 e. The van der Waals surface area contributed by atoms with E-state index in [2.05, 4.69) is 14.7 Å². The molecule has 0 bridgehead atoms. The first-order valence-electron chi connectivity index (χ1n) is 6.29. The van der Waals surface area contributed by atoms with Crippen LogP contribution in [-0.2, 0) is 4.74 Å². The van der Waals surface area contributed by atoms with Crippen LogP contribution in [0.2, 0.25) is 0 Å². The molecule has 0 fully saturated rings. The molecule has 0 aliphatic heterocycles. The monoisotopic (exact) mass is 262 g/mol. The maximum atomic E-state index is 4.69. The van der Waals surface area contributed by atoms with Gasteiger partial charge in [-0.2, -0.15) is 0 Å². The van der Waals surface area contributed by atoms with Gasteiger partial charge in [-0.05, 0) is 6.92 Å². The van der Waals surface area contributed by atoms with E-state index in [1.165, 1.54) is 0 Å². The summed E-state index contributed by atoms with van der Waals surface area (Å²) in [5.41, 5.74) is 0. The van der Waals surface area contributed by atoms with E-state index in [0.717, 1.165) is 6.61 Å². The van der Waals surface area contributed by atoms with Gasteiger partial charge in [0.15, 0.2) is 0 Å². The van der Waals surface area contributed by atoms with Crippen LogP contribution in [0, 0.1) is 4.64 Å². The Morgan fingerprint density at radius 1 is 1.18 bits per heavy atom. The molecule has 104 valence electrons. The third-order valence-electron chi connectivity index (χ3n) is 0.867. The number of aromatic amines is 1. The van der Waals surface area contributed by atoms with Gasteiger partial charge in [-0.3, -0.25) is 4.98 Å². The third kappa shape index (κ3) is 39.3. The summed E-state index contributed by atoms with van der Waals surface area (Å²) in [6, 6.07) is 0. The summed E-state index contributed by atoms with van der Waals surface area (Å²) in [6.45, 7) is 14.8. The lowest BCUT2D eigenvalue weighted by molar-refractivity contribution is 0.215. The minimum Gasteiger partial charge on any atom is -0.385 e. The van der Waals surface area contributed by atoms with E-state index in [0.29, 0.717) is 4.64 Å². The van der Waals surface area contributed by atoms with Gasteiger partial charge in [0, 0.05) is 26.1 Å². The molecule has 0 saturated heterocycles. The molecule has 3 nitrogen and oxygen atoms in total. The molecule has 0 radical (unpaired) electrons. The van der Waals surface area contributed by atoms with Gasteiger partial charge >= 0.3 is 0 Å². The summed E-state index contributed by atoms with van der Waals surface area (Å²) in [6.07, 6.45) is 4.94. The number of nitrogens with zero attached hydrogens (tertiary/aromatic N) is 1. The molecule has 0 saturated carbocycles. The van der Waals surface area contributed by atoms with Gasteiger partial charge in [0.05, 0.1) is 6.20 Å². The Bertz CT molecular complexity index is 207. The predicted octanol–water partition coefficient (Wildman–Crippen LogP) is 4.87. The number of methoxy groups -OCH3 is 1. The fourth-order valence-electron chi connectivity index (χ4n) is 0.310. The highest BCUT2D eigenvalue weighted by atomic mass is 32.1. The third-order valence-corrected chi connectivity index (χ3v) is 1.09. The number of hydrogen-bond acceptors (Lipinski definition) is 3. The van der Waals surface area contributed by atoms with E-state index < -0.39 is 0 Å². The van der Waals surface area contributed by atoms with Crippen molar-refractivity contribution in [1.82, 2.24) is 9.97 Å². The highest BCUT2D eigenvalue weighted by Gasteiger charge is 1.66. The summed E-state index contributed by atoms with van der Waals surface area (Å²) >= 11 is 4.69. The van der Waals surface area contributed by atoms with Crippen LogP contribution in [0.3, 0.4) is 0 Å². The summed E-state index contributed by atoms with van der Waals surface area (Å²) in [7, 11) is 1.68. The molecule has 0 unspecified atom stereocenters. The zero-order chi connectivity index (χ0) is 14.5. The van der Waals surface area contributed by atoms with E-state index in [1.54, 1.807) is 25.7 Å². The van der Waals surface area contributed by atoms with Gasteiger partial charge < -0.3 is 9.72 Å². The first-order chi connectivity index (χ1) is 8.31. The molecule has 0 aliphatic rings. The highest BCUT2D eigenvalue weighted by molar-refractivity contribution is 7.71. The Balaban J connectivity index is -0.0000000735. The second-order valence-electron chi connectivity index (χ2n) is 1.68. The van der Waals surface area contributed by atoms with E-state index in [-0.39, 0.29) is 0 Å². The predicted molar refractivity (Wildman–Crippen MR) is 81.0 cm³/mol. The van der Waals surface area contributed by atoms with Crippen molar-refractivity contribution < 1.29 is 4.74 Å². The van der Waals surface area contributed by atoms with Crippen LogP contribution in [0.5, 0.6) is 0 Å². The van der Waals surface area contributed by atoms with Gasteiger partial charge in [-0.15, -0.1) is 0 Å². The normalized spacial score (nSPS) is 6.35. The summed E-state index contributed by atoms with van der Waals surface area (Å²) < 4.78 is 5.21. The molecule has 1 aromatic heterocycles. The minimum absolute atomic E-state index is 0.669. The van der Waals surface area contributed by atoms with Crippen LogP contribution in [0.4, 0.5) is 0 Å². The summed E-state index contributed by atoms with van der Waals surface area (Å²) in [4.78, 5) is 6.53. The number of nitrogens with one attached hydrogen (secondary N) is 1. The fourth-order valence-corrected chi connectivity index (χ4v) is 0.439. The Hall–Kier alpha value is -0.740. The Kier molecular flexibility index (Phi) is 53.6. The van der Waals surface area contributed by atoms with Gasteiger partial charge in [0.2, 0.25) is 0 Å². The van der Waals surface area contributed by atoms with Crippen molar-refractivity contribution in [1.29, 1.82) is 0 Å². The lowest BCUT2D eigenvalue weighted by Crippen LogP contribution is -1.73. The molecule has 17 heavy (non-hydrogen) atoms. The Morgan fingerprint density at radius 3 is 1.71 bits per heavy atom. The van der Waals surface area contributed by atoms with Crippen molar-refractivity contribution >= 4 is 12.2 Å². The lowest BCUT2D eigenvalue weighted by atomic mass is 10.8. The first kappa shape index (κ1) is 25.2. The molecular formula is C13H30N2OS. The topological polar surface area (TPSA) is 37.9 Å². The number of H-pyrrole nitrogens is 1. The highest BCUT2D eigenvalue weighted by Crippen LogP contribution is 1.75. The fraction of sp³-hybridized carbons (Fsp3) is 0.692. The van der Waals surface area contributed by atoms with Gasteiger partial charge in [-0.1, -0.05) is 53.8 Å². The van der Waals surface area contributed by atoms with Crippen molar-refractivity contribution in [3.63, 3.8) is 0 Å². The van der Waals surface area contributed by atoms with Crippen molar-refractivity contribution in [2.75, 3.05) is 13.7 Å². The molecule has 0 aromatic carbocycles. The molecule has 0 amide bonds. The van der Waals surface area contributed by atoms with E-state index in [1.807, 2.05) is 48.5 Å². The zero-order valence-electron chi connectivity index (χ0n) is 12.7. The molecule has 4 heteroatoms. The van der Waals surface area contributed by atoms with Gasteiger partial charge in [0.25, 0.3) is 0 Å². The van der Waals surface area contributed by atoms with Crippen LogP contribution in [0.25, 0.3) is 0 Å². The van der Waals surface area contributed by atoms with E-state index in [4.69, 9.17) is 12.2 Å². The number of hydrogen-bond donors (Lipinski definition) is 1. The summed E-state index contributed by atoms with van der Waals surface area (Å²) in [5.74, 6) is 0. The van der Waals surface area contributed by atoms with Gasteiger partial charge in [0.1, 0.15) is 4.64 Å². The second-order valence-corrected chi connectivity index (χ2v) is 2.12. The average molecular weight is 262 g/mol. The lowest BCUT2D eigenvalue weighted by Gasteiger charge is -1.76. The van der Waals surface area contributed by atoms with Crippen molar-refractivity contribution in [2.45, 2.75) is 48.5 Å². The molecule has 0 aliphatic carbocycles. The molecule has 1 aromatic rings. The van der Waals surface area contributed by atoms with Gasteiger partial charge in [-0.25, -0.2) is 0 Å². The standard InChI is InChI=1S/C4H4N2S.C3H8O.3C2H6/c7-4-3-5-1-2-6-4;1-3-4-2;3*1-2/h1-3H,(H,6,7);3H2,1-2H3;3*1-2H3. The van der Waals surface area contributed by atoms with Crippen molar-refractivity contribution in [3.8, 4) is 0 Å². The quantitative estimate of drug-likeness (QED) is 0.734. The summed E-state index contributed by atoms with van der Waals surface area (Å²) in [5, 5.41) is 0. The van der Waals surface area contributed by atoms with Crippen molar-refractivity contribution in [2.24, 2.45) is 0 Å². The molecule has 0 spiro atoms. The minimum atomic E-state index is 0.669. The molecule has 1 heterocycles. The number of rotatable bonds is 1. The zero-order valence-corrected chi connectivity index (χ0v) is 13.5. The average Bonchev–Trinajstić information content (AvgIpc) is 2.46. The Morgan fingerprint density at radius 2 is 1.59 bits per heavy atom. The van der Waals surface area contributed by atoms with Crippen LogP contribution < -0.4 is 0 Å². The molecular weight excluding hydrogens is 232 g/mol. The molecule has 0 atom stereocenters.